The van der Waals surface area contributed by atoms with Gasteiger partial charge in [-0.05, 0) is 44.1 Å². The van der Waals surface area contributed by atoms with Crippen molar-refractivity contribution < 1.29 is 4.79 Å². The third-order valence-electron chi connectivity index (χ3n) is 4.78. The van der Waals surface area contributed by atoms with Crippen LogP contribution in [0.3, 0.4) is 0 Å². The lowest BCUT2D eigenvalue weighted by atomic mass is 9.94. The molecule has 5 nitrogen and oxygen atoms in total. The van der Waals surface area contributed by atoms with Gasteiger partial charge < -0.3 is 10.6 Å². The topological polar surface area (TPSA) is 75.0 Å². The summed E-state index contributed by atoms with van der Waals surface area (Å²) in [6.45, 7) is 1.59. The molecule has 23 heavy (non-hydrogen) atoms. The molecule has 0 aromatic carbocycles. The minimum Gasteiger partial charge on any atom is -0.341 e. The minimum absolute atomic E-state index is 0. The molecule has 2 aliphatic rings. The van der Waals surface area contributed by atoms with E-state index in [1.165, 1.54) is 24.1 Å². The van der Waals surface area contributed by atoms with Gasteiger partial charge >= 0.3 is 0 Å². The van der Waals surface area contributed by atoms with E-state index >= 15 is 0 Å². The molecule has 1 aliphatic heterocycles. The second-order valence-corrected chi connectivity index (χ2v) is 6.43. The molecule has 0 saturated carbocycles. The third-order valence-corrected chi connectivity index (χ3v) is 4.78. The molecule has 3 rings (SSSR count). The zero-order chi connectivity index (χ0) is 14.7. The van der Waals surface area contributed by atoms with E-state index in [1.807, 2.05) is 4.90 Å². The molecule has 1 atom stereocenters. The number of aromatic amines is 1. The fourth-order valence-corrected chi connectivity index (χ4v) is 3.54. The fraction of sp³-hybridized carbons (Fsp3) is 0.750. The lowest BCUT2D eigenvalue weighted by Gasteiger charge is -2.22. The largest absolute Gasteiger partial charge is 0.341 e. The second-order valence-electron chi connectivity index (χ2n) is 6.43. The quantitative estimate of drug-likeness (QED) is 0.866. The molecule has 0 spiro atoms. The molecule has 1 aromatic heterocycles. The first kappa shape index (κ1) is 20.3. The summed E-state index contributed by atoms with van der Waals surface area (Å²) < 4.78 is 0. The lowest BCUT2D eigenvalue weighted by molar-refractivity contribution is -0.131. The Hall–Kier alpha value is -0.780. The molecule has 1 unspecified atom stereocenters. The van der Waals surface area contributed by atoms with Gasteiger partial charge in [-0.2, -0.15) is 5.10 Å². The SMILES string of the molecule is Cl.Cl.NC1CCCCN(C(=O)CCc2n[nH]c3c2CCCC3)C1. The van der Waals surface area contributed by atoms with E-state index in [9.17, 15) is 4.79 Å². The average Bonchev–Trinajstić information content (AvgIpc) is 2.78. The molecule has 1 fully saturated rings. The highest BCUT2D eigenvalue weighted by atomic mass is 35.5. The van der Waals surface area contributed by atoms with E-state index in [0.717, 1.165) is 57.3 Å². The van der Waals surface area contributed by atoms with Crippen molar-refractivity contribution in [1.29, 1.82) is 0 Å². The summed E-state index contributed by atoms with van der Waals surface area (Å²) >= 11 is 0. The second kappa shape index (κ2) is 9.50. The summed E-state index contributed by atoms with van der Waals surface area (Å²) in [6.07, 6.45) is 9.29. The maximum Gasteiger partial charge on any atom is 0.223 e. The number of nitrogens with two attached hydrogens (primary N) is 1. The van der Waals surface area contributed by atoms with Crippen molar-refractivity contribution in [2.45, 2.75) is 63.8 Å². The Morgan fingerprint density at radius 3 is 2.83 bits per heavy atom. The number of amides is 1. The Morgan fingerprint density at radius 1 is 1.22 bits per heavy atom. The van der Waals surface area contributed by atoms with Crippen molar-refractivity contribution in [3.05, 3.63) is 17.0 Å². The van der Waals surface area contributed by atoms with E-state index in [0.29, 0.717) is 6.42 Å². The van der Waals surface area contributed by atoms with Crippen molar-refractivity contribution >= 4 is 30.7 Å². The Bertz CT molecular complexity index is 506. The predicted octanol–water partition coefficient (Wildman–Crippen LogP) is 2.40. The average molecular weight is 363 g/mol. The molecule has 0 radical (unpaired) electrons. The van der Waals surface area contributed by atoms with Gasteiger partial charge in [0.05, 0.1) is 5.69 Å². The van der Waals surface area contributed by atoms with E-state index in [4.69, 9.17) is 5.73 Å². The Morgan fingerprint density at radius 2 is 2.00 bits per heavy atom. The Balaban J connectivity index is 0.00000132. The van der Waals surface area contributed by atoms with Gasteiger partial charge in [0.2, 0.25) is 5.91 Å². The smallest absolute Gasteiger partial charge is 0.223 e. The van der Waals surface area contributed by atoms with Crippen LogP contribution in [0.25, 0.3) is 0 Å². The molecular weight excluding hydrogens is 335 g/mol. The molecule has 7 heteroatoms. The summed E-state index contributed by atoms with van der Waals surface area (Å²) in [5.41, 5.74) is 9.81. The number of aromatic nitrogens is 2. The number of likely N-dealkylation sites (tertiary alicyclic amines) is 1. The normalized spacial score (nSPS) is 20.7. The van der Waals surface area contributed by atoms with E-state index in [1.54, 1.807) is 0 Å². The zero-order valence-corrected chi connectivity index (χ0v) is 15.2. The standard InChI is InChI=1S/C16H26N4O.2ClH/c17-12-5-3-4-10-20(11-12)16(21)9-8-15-13-6-1-2-7-14(13)18-19-15;;/h12H,1-11,17H2,(H,18,19);2*1H. The van der Waals surface area contributed by atoms with Crippen LogP contribution in [0, 0.1) is 0 Å². The van der Waals surface area contributed by atoms with Crippen LogP contribution >= 0.6 is 24.8 Å². The van der Waals surface area contributed by atoms with Crippen LogP contribution < -0.4 is 5.73 Å². The lowest BCUT2D eigenvalue weighted by Crippen LogP contribution is -2.39. The fourth-order valence-electron chi connectivity index (χ4n) is 3.54. The zero-order valence-electron chi connectivity index (χ0n) is 13.6. The van der Waals surface area contributed by atoms with Crippen LogP contribution in [0.15, 0.2) is 0 Å². The molecule has 1 saturated heterocycles. The van der Waals surface area contributed by atoms with Crippen molar-refractivity contribution in [1.82, 2.24) is 15.1 Å². The first-order valence-electron chi connectivity index (χ1n) is 8.32. The molecule has 1 aliphatic carbocycles. The monoisotopic (exact) mass is 362 g/mol. The highest BCUT2D eigenvalue weighted by Gasteiger charge is 2.21. The Labute approximate surface area is 150 Å². The van der Waals surface area contributed by atoms with E-state index in [-0.39, 0.29) is 36.8 Å². The number of carbonyl (C=O) groups excluding carboxylic acids is 1. The molecule has 1 amide bonds. The first-order chi connectivity index (χ1) is 10.2. The number of nitrogens with zero attached hydrogens (tertiary/aromatic N) is 2. The molecule has 1 aromatic rings. The number of aryl methyl sites for hydroxylation is 2. The molecule has 0 bridgehead atoms. The van der Waals surface area contributed by atoms with Gasteiger partial charge in [-0.15, -0.1) is 24.8 Å². The maximum absolute atomic E-state index is 12.4. The van der Waals surface area contributed by atoms with Crippen molar-refractivity contribution in [2.24, 2.45) is 5.73 Å². The van der Waals surface area contributed by atoms with Gasteiger partial charge in [0.25, 0.3) is 0 Å². The highest BCUT2D eigenvalue weighted by molar-refractivity contribution is 5.85. The van der Waals surface area contributed by atoms with Crippen LogP contribution in [-0.4, -0.2) is 40.1 Å². The van der Waals surface area contributed by atoms with Gasteiger partial charge in [-0.25, -0.2) is 0 Å². The summed E-state index contributed by atoms with van der Waals surface area (Å²) in [5.74, 6) is 0.236. The number of fused-ring (bicyclic) bond motifs is 1. The van der Waals surface area contributed by atoms with Crippen molar-refractivity contribution in [2.75, 3.05) is 13.1 Å². The number of carbonyl (C=O) groups is 1. The van der Waals surface area contributed by atoms with E-state index < -0.39 is 0 Å². The van der Waals surface area contributed by atoms with Crippen LogP contribution in [0.4, 0.5) is 0 Å². The van der Waals surface area contributed by atoms with Crippen molar-refractivity contribution in [3.63, 3.8) is 0 Å². The van der Waals surface area contributed by atoms with Gasteiger partial charge in [0, 0.05) is 37.7 Å². The number of nitrogens with one attached hydrogen (secondary N) is 1. The maximum atomic E-state index is 12.4. The number of hydrogen-bond acceptors (Lipinski definition) is 3. The van der Waals surface area contributed by atoms with Crippen LogP contribution in [0.2, 0.25) is 0 Å². The van der Waals surface area contributed by atoms with E-state index in [2.05, 4.69) is 10.2 Å². The predicted molar refractivity (Wildman–Crippen MR) is 96.5 cm³/mol. The third kappa shape index (κ3) is 5.10. The number of rotatable bonds is 3. The highest BCUT2D eigenvalue weighted by Crippen LogP contribution is 2.23. The first-order valence-corrected chi connectivity index (χ1v) is 8.32. The molecular formula is C16H28Cl2N4O. The van der Waals surface area contributed by atoms with Gasteiger partial charge in [0.1, 0.15) is 0 Å². The summed E-state index contributed by atoms with van der Waals surface area (Å²) in [6, 6.07) is 0.148. The summed E-state index contributed by atoms with van der Waals surface area (Å²) in [7, 11) is 0. The van der Waals surface area contributed by atoms with Crippen LogP contribution in [0.1, 0.15) is 55.5 Å². The molecule has 3 N–H and O–H groups in total. The number of halogens is 2. The summed E-state index contributed by atoms with van der Waals surface area (Å²) in [5, 5.41) is 7.58. The molecule has 2 heterocycles. The molecule has 132 valence electrons. The minimum atomic E-state index is 0. The van der Waals surface area contributed by atoms with Gasteiger partial charge in [0.15, 0.2) is 0 Å². The van der Waals surface area contributed by atoms with Crippen LogP contribution in [0.5, 0.6) is 0 Å². The van der Waals surface area contributed by atoms with Crippen molar-refractivity contribution in [3.8, 4) is 0 Å². The Kier molecular flexibility index (Phi) is 8.37. The summed E-state index contributed by atoms with van der Waals surface area (Å²) in [4.78, 5) is 14.3. The van der Waals surface area contributed by atoms with Gasteiger partial charge in [-0.1, -0.05) is 6.42 Å². The van der Waals surface area contributed by atoms with Crippen LogP contribution in [-0.2, 0) is 24.1 Å². The number of H-pyrrole nitrogens is 1. The van der Waals surface area contributed by atoms with Gasteiger partial charge in [-0.3, -0.25) is 9.89 Å². The number of hydrogen-bond donors (Lipinski definition) is 2.